The molecule has 0 amide bonds. The molecule has 0 N–H and O–H groups in total. The third-order valence-corrected chi connectivity index (χ3v) is 8.87. The van der Waals surface area contributed by atoms with Crippen LogP contribution in [0.1, 0.15) is 33.1 Å². The van der Waals surface area contributed by atoms with Crippen molar-refractivity contribution in [3.63, 3.8) is 0 Å². The van der Waals surface area contributed by atoms with Gasteiger partial charge in [-0.2, -0.15) is 0 Å². The van der Waals surface area contributed by atoms with Crippen LogP contribution in [0.2, 0.25) is 0 Å². The smallest absolute Gasteiger partial charge is 0.0619 e. The highest BCUT2D eigenvalue weighted by Gasteiger charge is 2.11. The van der Waals surface area contributed by atoms with Crippen LogP contribution < -0.4 is 25.7 Å². The highest BCUT2D eigenvalue weighted by molar-refractivity contribution is 7.17. The maximum atomic E-state index is 4.30. The molecule has 7 aromatic rings. The molecule has 0 unspecified atom stereocenters. The third-order valence-electron chi connectivity index (χ3n) is 7.70. The first kappa shape index (κ1) is 26.8. The molecule has 0 saturated carbocycles. The van der Waals surface area contributed by atoms with Crippen LogP contribution in [0.4, 0.5) is 0 Å². The summed E-state index contributed by atoms with van der Waals surface area (Å²) in [5.41, 5.74) is 1.19. The van der Waals surface area contributed by atoms with Gasteiger partial charge in [-0.1, -0.05) is 137 Å². The van der Waals surface area contributed by atoms with Crippen molar-refractivity contribution in [1.82, 2.24) is 4.40 Å². The molecule has 1 aliphatic carbocycles. The topological polar surface area (TPSA) is 4.41 Å². The molecule has 2 heteroatoms. The van der Waals surface area contributed by atoms with Crippen LogP contribution in [-0.2, 0) is 0 Å². The van der Waals surface area contributed by atoms with Crippen molar-refractivity contribution in [3.05, 3.63) is 117 Å². The zero-order valence-electron chi connectivity index (χ0n) is 23.9. The van der Waals surface area contributed by atoms with Gasteiger partial charge >= 0.3 is 0 Å². The first-order valence-corrected chi connectivity index (χ1v) is 15.3. The number of hydrogen-bond donors (Lipinski definition) is 0. The zero-order chi connectivity index (χ0) is 28.5. The number of aromatic nitrogens is 1. The Bertz CT molecular complexity index is 2370. The maximum absolute atomic E-state index is 4.30. The minimum absolute atomic E-state index is 0.969. The molecule has 3 heterocycles. The van der Waals surface area contributed by atoms with E-state index in [-0.39, 0.29) is 0 Å². The summed E-state index contributed by atoms with van der Waals surface area (Å²) in [5, 5.41) is 13.6. The van der Waals surface area contributed by atoms with Gasteiger partial charge in [-0.3, -0.25) is 0 Å². The Labute approximate surface area is 244 Å². The Morgan fingerprint density at radius 2 is 1.39 bits per heavy atom. The van der Waals surface area contributed by atoms with Crippen LogP contribution in [0.3, 0.4) is 0 Å². The van der Waals surface area contributed by atoms with E-state index >= 15 is 0 Å². The fraction of sp³-hybridized carbons (Fsp3) is 0.128. The van der Waals surface area contributed by atoms with E-state index < -0.39 is 0 Å². The lowest BCUT2D eigenvalue weighted by atomic mass is 10.0. The normalized spacial score (nSPS) is 12.9. The summed E-state index contributed by atoms with van der Waals surface area (Å²) in [6, 6.07) is 28.0. The molecule has 1 nitrogen and oxygen atoms in total. The minimum Gasteiger partial charge on any atom is -0.309 e. The van der Waals surface area contributed by atoms with Gasteiger partial charge in [-0.05, 0) is 40.3 Å². The second kappa shape index (κ2) is 11.2. The molecule has 41 heavy (non-hydrogen) atoms. The Morgan fingerprint density at radius 1 is 0.732 bits per heavy atom. The van der Waals surface area contributed by atoms with Gasteiger partial charge in [0.25, 0.3) is 0 Å². The molecule has 3 aromatic heterocycles. The molecule has 0 spiro atoms. The van der Waals surface area contributed by atoms with E-state index in [2.05, 4.69) is 129 Å². The average Bonchev–Trinajstić information content (AvgIpc) is 3.53. The lowest BCUT2D eigenvalue weighted by Crippen LogP contribution is -2.30. The summed E-state index contributed by atoms with van der Waals surface area (Å²) >= 11 is 1.93. The summed E-state index contributed by atoms with van der Waals surface area (Å²) < 4.78 is 5.05. The SMILES string of the molecule is C1=c2sc3ccc4ccccc4c3c2=CCC1.C=C/C=c1\c(=C)n2c(=C)c3ccccc3c3cccc1c32.CCC. The van der Waals surface area contributed by atoms with Gasteiger partial charge in [0.1, 0.15) is 0 Å². The zero-order valence-corrected chi connectivity index (χ0v) is 24.7. The predicted molar refractivity (Wildman–Crippen MR) is 185 cm³/mol. The van der Waals surface area contributed by atoms with Crippen LogP contribution in [0.25, 0.3) is 79.3 Å². The Morgan fingerprint density at radius 3 is 2.17 bits per heavy atom. The number of para-hydroxylation sites is 1. The van der Waals surface area contributed by atoms with Crippen molar-refractivity contribution in [3.8, 4) is 0 Å². The highest BCUT2D eigenvalue weighted by atomic mass is 32.1. The van der Waals surface area contributed by atoms with Crippen LogP contribution in [0, 0.1) is 0 Å². The van der Waals surface area contributed by atoms with Gasteiger partial charge in [-0.15, -0.1) is 11.3 Å². The Balaban J connectivity index is 0.000000137. The van der Waals surface area contributed by atoms with E-state index in [1.165, 1.54) is 76.9 Å². The van der Waals surface area contributed by atoms with Crippen LogP contribution in [-0.4, -0.2) is 4.40 Å². The molecule has 0 radical (unpaired) electrons. The van der Waals surface area contributed by atoms with Gasteiger partial charge in [0.05, 0.1) is 5.52 Å². The summed E-state index contributed by atoms with van der Waals surface area (Å²) in [6.45, 7) is 16.6. The molecule has 0 atom stereocenters. The van der Waals surface area contributed by atoms with Crippen LogP contribution in [0.15, 0.2) is 91.5 Å². The van der Waals surface area contributed by atoms with E-state index in [9.17, 15) is 0 Å². The third kappa shape index (κ3) is 4.49. The molecule has 1 aliphatic rings. The van der Waals surface area contributed by atoms with Crippen molar-refractivity contribution in [2.75, 3.05) is 0 Å². The second-order valence-electron chi connectivity index (χ2n) is 10.5. The van der Waals surface area contributed by atoms with Crippen LogP contribution >= 0.6 is 11.3 Å². The molecule has 0 fully saturated rings. The molecule has 202 valence electrons. The summed E-state index contributed by atoms with van der Waals surface area (Å²) in [7, 11) is 0. The standard InChI is InChI=1S/C20H15N.C16H12S.C3H8/c1-4-8-15-13(2)21-14(3)16-9-5-6-10-17(16)19-12-7-11-18(15)20(19)21;1-2-6-12-11(5-1)9-10-15-16(12)13-7-3-4-8-14(13)17-15;1-3-2/h4-12H,1-3H2;1-2,5-10H,3-4H2;3H2,1-2H3/b15-8+;;. The summed E-state index contributed by atoms with van der Waals surface area (Å²) in [5.74, 6) is 0. The predicted octanol–water partition coefficient (Wildman–Crippen LogP) is 7.58. The van der Waals surface area contributed by atoms with E-state index in [1.807, 2.05) is 23.5 Å². The van der Waals surface area contributed by atoms with Gasteiger partial charge in [0.15, 0.2) is 0 Å². The monoisotopic (exact) mass is 549 g/mol. The molecule has 0 saturated heterocycles. The lowest BCUT2D eigenvalue weighted by molar-refractivity contribution is 1.09. The molecule has 0 aliphatic heterocycles. The summed E-state index contributed by atoms with van der Waals surface area (Å²) in [4.78, 5) is 0. The summed E-state index contributed by atoms with van der Waals surface area (Å²) in [6.07, 6.45) is 12.2. The Hall–Kier alpha value is -4.40. The van der Waals surface area contributed by atoms with Gasteiger partial charge in [-0.25, -0.2) is 0 Å². The second-order valence-corrected chi connectivity index (χ2v) is 11.6. The first-order valence-electron chi connectivity index (χ1n) is 14.4. The van der Waals surface area contributed by atoms with E-state index in [4.69, 9.17) is 0 Å². The highest BCUT2D eigenvalue weighted by Crippen LogP contribution is 2.26. The number of hydrogen-bond acceptors (Lipinski definition) is 1. The van der Waals surface area contributed by atoms with E-state index in [0.717, 1.165) is 15.9 Å². The fourth-order valence-corrected chi connectivity index (χ4v) is 7.22. The lowest BCUT2D eigenvalue weighted by Gasteiger charge is -2.07. The van der Waals surface area contributed by atoms with Crippen molar-refractivity contribution in [2.24, 2.45) is 0 Å². The Kier molecular flexibility index (Phi) is 7.34. The number of nitrogens with zero attached hydrogens (tertiary/aromatic N) is 1. The number of thiophene rings is 1. The number of pyridine rings is 1. The minimum atomic E-state index is 0.969. The first-order chi connectivity index (χ1) is 20.1. The molecule has 4 aromatic carbocycles. The quantitative estimate of drug-likeness (QED) is 0.186. The molecular formula is C39H35NS. The van der Waals surface area contributed by atoms with Crippen molar-refractivity contribution >= 4 is 90.6 Å². The van der Waals surface area contributed by atoms with Gasteiger partial charge < -0.3 is 4.40 Å². The number of allylic oxidation sites excluding steroid dienone is 1. The number of fused-ring (bicyclic) bond motifs is 7. The van der Waals surface area contributed by atoms with Crippen molar-refractivity contribution in [2.45, 2.75) is 33.1 Å². The molecular weight excluding hydrogens is 515 g/mol. The van der Waals surface area contributed by atoms with E-state index in [0.29, 0.717) is 0 Å². The fourth-order valence-electron chi connectivity index (χ4n) is 6.03. The van der Waals surface area contributed by atoms with Gasteiger partial charge in [0.2, 0.25) is 0 Å². The number of rotatable bonds is 1. The maximum Gasteiger partial charge on any atom is 0.0619 e. The molecule has 0 bridgehead atoms. The largest absolute Gasteiger partial charge is 0.309 e. The average molecular weight is 550 g/mol. The molecule has 8 rings (SSSR count). The van der Waals surface area contributed by atoms with E-state index in [1.54, 1.807) is 0 Å². The van der Waals surface area contributed by atoms with Crippen molar-refractivity contribution in [1.29, 1.82) is 0 Å². The van der Waals surface area contributed by atoms with Gasteiger partial charge in [0, 0.05) is 46.7 Å². The van der Waals surface area contributed by atoms with Crippen molar-refractivity contribution < 1.29 is 0 Å². The van der Waals surface area contributed by atoms with Crippen LogP contribution in [0.5, 0.6) is 0 Å². The number of benzene rings is 4.